The van der Waals surface area contributed by atoms with Gasteiger partial charge in [-0.1, -0.05) is 30.3 Å². The molecule has 0 heterocycles. The predicted molar refractivity (Wildman–Crippen MR) is 98.3 cm³/mol. The van der Waals surface area contributed by atoms with E-state index >= 15 is 0 Å². The molecule has 0 aliphatic heterocycles. The number of benzene rings is 1. The predicted octanol–water partition coefficient (Wildman–Crippen LogP) is 2.75. The van der Waals surface area contributed by atoms with Gasteiger partial charge in [0.25, 0.3) is 0 Å². The summed E-state index contributed by atoms with van der Waals surface area (Å²) >= 11 is 0. The van der Waals surface area contributed by atoms with Crippen LogP contribution in [0.1, 0.15) is 37.9 Å². The number of nitrogens with one attached hydrogen (secondary N) is 2. The number of methoxy groups -OCH3 is 1. The topological polar surface area (TPSA) is 54.9 Å². The summed E-state index contributed by atoms with van der Waals surface area (Å²) in [5, 5.41) is 6.63. The minimum absolute atomic E-state index is 0.0245. The first-order valence-corrected chi connectivity index (χ1v) is 9.01. The molecule has 0 amide bonds. The summed E-state index contributed by atoms with van der Waals surface area (Å²) in [6.07, 6.45) is 3.65. The molecule has 0 saturated heterocycles. The van der Waals surface area contributed by atoms with E-state index in [4.69, 9.17) is 9.47 Å². The van der Waals surface area contributed by atoms with Crippen molar-refractivity contribution in [3.63, 3.8) is 0 Å². The zero-order valence-electron chi connectivity index (χ0n) is 15.0. The SMILES string of the molecule is CCNC(=NCC(OC)c1ccccc1)NCCCOCC1CC1. The summed E-state index contributed by atoms with van der Waals surface area (Å²) in [6, 6.07) is 10.2. The van der Waals surface area contributed by atoms with E-state index in [-0.39, 0.29) is 6.10 Å². The lowest BCUT2D eigenvalue weighted by Gasteiger charge is -2.16. The molecule has 1 unspecified atom stereocenters. The molecule has 5 nitrogen and oxygen atoms in total. The minimum atomic E-state index is -0.0245. The minimum Gasteiger partial charge on any atom is -0.381 e. The summed E-state index contributed by atoms with van der Waals surface area (Å²) in [6.45, 7) is 6.11. The number of nitrogens with zero attached hydrogens (tertiary/aromatic N) is 1. The third kappa shape index (κ3) is 7.32. The maximum Gasteiger partial charge on any atom is 0.191 e. The molecule has 1 aromatic carbocycles. The number of aliphatic imine (C=N–C) groups is 1. The van der Waals surface area contributed by atoms with E-state index < -0.39 is 0 Å². The van der Waals surface area contributed by atoms with Gasteiger partial charge in [-0.3, -0.25) is 4.99 Å². The normalized spacial score (nSPS) is 16.0. The first kappa shape index (κ1) is 18.7. The summed E-state index contributed by atoms with van der Waals surface area (Å²) in [5.74, 6) is 1.67. The Hall–Kier alpha value is -1.59. The highest BCUT2D eigenvalue weighted by atomic mass is 16.5. The molecule has 2 N–H and O–H groups in total. The van der Waals surface area contributed by atoms with Crippen molar-refractivity contribution in [2.45, 2.75) is 32.3 Å². The second-order valence-corrected chi connectivity index (χ2v) is 6.15. The molecule has 1 aliphatic carbocycles. The van der Waals surface area contributed by atoms with Gasteiger partial charge in [0.1, 0.15) is 6.10 Å². The number of guanidine groups is 1. The van der Waals surface area contributed by atoms with Crippen LogP contribution < -0.4 is 10.6 Å². The van der Waals surface area contributed by atoms with Gasteiger partial charge in [-0.2, -0.15) is 0 Å². The van der Waals surface area contributed by atoms with Gasteiger partial charge in [-0.25, -0.2) is 0 Å². The third-order valence-corrected chi connectivity index (χ3v) is 4.02. The van der Waals surface area contributed by atoms with Crippen LogP contribution in [-0.2, 0) is 9.47 Å². The van der Waals surface area contributed by atoms with E-state index in [2.05, 4.69) is 34.7 Å². The molecule has 134 valence electrons. The zero-order valence-corrected chi connectivity index (χ0v) is 15.0. The van der Waals surface area contributed by atoms with Gasteiger partial charge in [-0.05, 0) is 37.7 Å². The fourth-order valence-electron chi connectivity index (χ4n) is 2.42. The van der Waals surface area contributed by atoms with Crippen molar-refractivity contribution >= 4 is 5.96 Å². The maximum atomic E-state index is 5.65. The first-order chi connectivity index (χ1) is 11.8. The van der Waals surface area contributed by atoms with Crippen LogP contribution in [0.4, 0.5) is 0 Å². The van der Waals surface area contributed by atoms with E-state index in [1.54, 1.807) is 7.11 Å². The van der Waals surface area contributed by atoms with Crippen molar-refractivity contribution in [3.05, 3.63) is 35.9 Å². The summed E-state index contributed by atoms with van der Waals surface area (Å²) < 4.78 is 11.2. The van der Waals surface area contributed by atoms with E-state index in [1.165, 1.54) is 12.8 Å². The zero-order chi connectivity index (χ0) is 17.0. The highest BCUT2D eigenvalue weighted by molar-refractivity contribution is 5.79. The van der Waals surface area contributed by atoms with E-state index in [1.807, 2.05) is 18.2 Å². The number of hydrogen-bond acceptors (Lipinski definition) is 3. The Morgan fingerprint density at radius 1 is 1.25 bits per heavy atom. The van der Waals surface area contributed by atoms with E-state index in [0.29, 0.717) is 6.54 Å². The van der Waals surface area contributed by atoms with Crippen LogP contribution >= 0.6 is 0 Å². The van der Waals surface area contributed by atoms with Gasteiger partial charge in [0.15, 0.2) is 5.96 Å². The van der Waals surface area contributed by atoms with Crippen LogP contribution in [0.5, 0.6) is 0 Å². The molecular formula is C19H31N3O2. The van der Waals surface area contributed by atoms with Gasteiger partial charge >= 0.3 is 0 Å². The molecule has 2 rings (SSSR count). The first-order valence-electron chi connectivity index (χ1n) is 9.01. The maximum absolute atomic E-state index is 5.65. The van der Waals surface area contributed by atoms with Crippen LogP contribution in [-0.4, -0.2) is 45.9 Å². The van der Waals surface area contributed by atoms with Gasteiger partial charge < -0.3 is 20.1 Å². The van der Waals surface area contributed by atoms with Gasteiger partial charge in [0, 0.05) is 33.4 Å². The fourth-order valence-corrected chi connectivity index (χ4v) is 2.42. The highest BCUT2D eigenvalue weighted by Gasteiger charge is 2.20. The smallest absolute Gasteiger partial charge is 0.191 e. The summed E-state index contributed by atoms with van der Waals surface area (Å²) in [5.41, 5.74) is 1.15. The van der Waals surface area contributed by atoms with Crippen LogP contribution in [0.3, 0.4) is 0 Å². The quantitative estimate of drug-likeness (QED) is 0.371. The van der Waals surface area contributed by atoms with Crippen molar-refractivity contribution in [2.24, 2.45) is 10.9 Å². The molecule has 5 heteroatoms. The average Bonchev–Trinajstić information content (AvgIpc) is 3.43. The molecule has 1 saturated carbocycles. The average molecular weight is 333 g/mol. The highest BCUT2D eigenvalue weighted by Crippen LogP contribution is 2.28. The second-order valence-electron chi connectivity index (χ2n) is 6.15. The van der Waals surface area contributed by atoms with Gasteiger partial charge in [0.05, 0.1) is 6.54 Å². The van der Waals surface area contributed by atoms with Gasteiger partial charge in [0.2, 0.25) is 0 Å². The van der Waals surface area contributed by atoms with Crippen LogP contribution in [0.2, 0.25) is 0 Å². The Morgan fingerprint density at radius 3 is 2.71 bits per heavy atom. The number of rotatable bonds is 11. The molecular weight excluding hydrogens is 302 g/mol. The van der Waals surface area contributed by atoms with Crippen molar-refractivity contribution < 1.29 is 9.47 Å². The molecule has 1 aliphatic rings. The molecule has 24 heavy (non-hydrogen) atoms. The summed E-state index contributed by atoms with van der Waals surface area (Å²) in [4.78, 5) is 4.65. The van der Waals surface area contributed by atoms with Crippen LogP contribution in [0.25, 0.3) is 0 Å². The van der Waals surface area contributed by atoms with Crippen molar-refractivity contribution in [1.82, 2.24) is 10.6 Å². The third-order valence-electron chi connectivity index (χ3n) is 4.02. The molecule has 1 aromatic rings. The Bertz CT molecular complexity index is 475. The molecule has 0 radical (unpaired) electrons. The lowest BCUT2D eigenvalue weighted by atomic mass is 10.1. The van der Waals surface area contributed by atoms with Crippen molar-refractivity contribution in [3.8, 4) is 0 Å². The molecule has 0 bridgehead atoms. The standard InChI is InChI=1S/C19H31N3O2/c1-3-20-19(21-12-7-13-24-15-16-10-11-16)22-14-18(23-2)17-8-5-4-6-9-17/h4-6,8-9,16,18H,3,7,10-15H2,1-2H3,(H2,20,21,22). The molecule has 1 fully saturated rings. The molecule has 1 atom stereocenters. The lowest BCUT2D eigenvalue weighted by Crippen LogP contribution is -2.38. The summed E-state index contributed by atoms with van der Waals surface area (Å²) in [7, 11) is 1.73. The van der Waals surface area contributed by atoms with E-state index in [0.717, 1.165) is 50.2 Å². The van der Waals surface area contributed by atoms with Crippen LogP contribution in [0, 0.1) is 5.92 Å². The monoisotopic (exact) mass is 333 g/mol. The van der Waals surface area contributed by atoms with Crippen molar-refractivity contribution in [1.29, 1.82) is 0 Å². The largest absolute Gasteiger partial charge is 0.381 e. The van der Waals surface area contributed by atoms with Crippen molar-refractivity contribution in [2.75, 3.05) is 40.0 Å². The van der Waals surface area contributed by atoms with Gasteiger partial charge in [-0.15, -0.1) is 0 Å². The molecule has 0 spiro atoms. The van der Waals surface area contributed by atoms with E-state index in [9.17, 15) is 0 Å². The molecule has 0 aromatic heterocycles. The lowest BCUT2D eigenvalue weighted by molar-refractivity contribution is 0.111. The fraction of sp³-hybridized carbons (Fsp3) is 0.632. The number of hydrogen-bond donors (Lipinski definition) is 2. The van der Waals surface area contributed by atoms with Crippen LogP contribution in [0.15, 0.2) is 35.3 Å². The Kier molecular flexibility index (Phi) is 8.63. The Morgan fingerprint density at radius 2 is 2.04 bits per heavy atom. The number of ether oxygens (including phenoxy) is 2. The Balaban J connectivity index is 1.71. The second kappa shape index (κ2) is 11.0. The Labute approximate surface area is 145 Å².